The highest BCUT2D eigenvalue weighted by atomic mass is 35.5. The smallest absolute Gasteiger partial charge is 0.410 e. The van der Waals surface area contributed by atoms with Gasteiger partial charge in [0.05, 0.1) is 6.54 Å². The molecule has 1 aliphatic heterocycles. The van der Waals surface area contributed by atoms with Crippen LogP contribution in [0.4, 0.5) is 4.79 Å². The predicted octanol–water partition coefficient (Wildman–Crippen LogP) is 2.24. The summed E-state index contributed by atoms with van der Waals surface area (Å²) in [5, 5.41) is 0. The van der Waals surface area contributed by atoms with Gasteiger partial charge in [0.15, 0.2) is 0 Å². The molecule has 76 valence electrons. The van der Waals surface area contributed by atoms with Gasteiger partial charge in [-0.05, 0) is 12.8 Å². The summed E-state index contributed by atoms with van der Waals surface area (Å²) in [4.78, 5) is 13.0. The monoisotopic (exact) mass is 205 g/mol. The van der Waals surface area contributed by atoms with Crippen molar-refractivity contribution in [2.45, 2.75) is 32.3 Å². The molecule has 1 aliphatic rings. The molecule has 0 aliphatic carbocycles. The quantitative estimate of drug-likeness (QED) is 0.645. The van der Waals surface area contributed by atoms with Crippen molar-refractivity contribution in [1.29, 1.82) is 0 Å². The number of carbonyl (C=O) groups is 1. The first-order valence-corrected chi connectivity index (χ1v) is 5.33. The number of cyclic esters (lactones) is 1. The molecule has 3 nitrogen and oxygen atoms in total. The summed E-state index contributed by atoms with van der Waals surface area (Å²) >= 11 is 5.57. The van der Waals surface area contributed by atoms with Crippen molar-refractivity contribution >= 4 is 17.7 Å². The first-order chi connectivity index (χ1) is 6.27. The summed E-state index contributed by atoms with van der Waals surface area (Å²) in [6, 6.07) is 0. The minimum atomic E-state index is -0.177. The zero-order chi connectivity index (χ0) is 9.68. The highest BCUT2D eigenvalue weighted by molar-refractivity contribution is 6.17. The highest BCUT2D eigenvalue weighted by Gasteiger charge is 2.29. The van der Waals surface area contributed by atoms with Crippen LogP contribution >= 0.6 is 11.6 Å². The van der Waals surface area contributed by atoms with Crippen LogP contribution in [0, 0.1) is 0 Å². The number of amides is 1. The Morgan fingerprint density at radius 1 is 1.69 bits per heavy atom. The Morgan fingerprint density at radius 3 is 3.08 bits per heavy atom. The number of hydrogen-bond donors (Lipinski definition) is 0. The van der Waals surface area contributed by atoms with E-state index in [1.54, 1.807) is 4.90 Å². The Morgan fingerprint density at radius 2 is 2.46 bits per heavy atom. The van der Waals surface area contributed by atoms with E-state index in [1.165, 1.54) is 0 Å². The van der Waals surface area contributed by atoms with Crippen molar-refractivity contribution < 1.29 is 9.53 Å². The maximum atomic E-state index is 11.2. The number of hydrogen-bond acceptors (Lipinski definition) is 2. The molecule has 0 N–H and O–H groups in total. The molecule has 0 aromatic heterocycles. The number of rotatable bonds is 5. The van der Waals surface area contributed by atoms with Crippen molar-refractivity contribution in [2.75, 3.05) is 19.0 Å². The van der Waals surface area contributed by atoms with E-state index >= 15 is 0 Å². The Kier molecular flexibility index (Phi) is 4.36. The summed E-state index contributed by atoms with van der Waals surface area (Å²) in [6.45, 7) is 3.64. The van der Waals surface area contributed by atoms with E-state index in [1.807, 2.05) is 0 Å². The van der Waals surface area contributed by atoms with Crippen LogP contribution in [-0.2, 0) is 4.74 Å². The van der Waals surface area contributed by atoms with E-state index in [0.717, 1.165) is 25.8 Å². The van der Waals surface area contributed by atoms with Crippen LogP contribution in [0.5, 0.6) is 0 Å². The fourth-order valence-electron chi connectivity index (χ4n) is 1.38. The van der Waals surface area contributed by atoms with Crippen LogP contribution in [0.1, 0.15) is 26.2 Å². The number of ether oxygens (including phenoxy) is 1. The van der Waals surface area contributed by atoms with Gasteiger partial charge in [-0.1, -0.05) is 13.3 Å². The average Bonchev–Trinajstić information content (AvgIpc) is 2.44. The van der Waals surface area contributed by atoms with E-state index < -0.39 is 0 Å². The lowest BCUT2D eigenvalue weighted by Crippen LogP contribution is -2.26. The van der Waals surface area contributed by atoms with Gasteiger partial charge in [0, 0.05) is 12.4 Å². The Bertz CT molecular complexity index is 175. The molecule has 1 saturated heterocycles. The van der Waals surface area contributed by atoms with Gasteiger partial charge < -0.3 is 9.64 Å². The number of carbonyl (C=O) groups excluding carboxylic acids is 1. The van der Waals surface area contributed by atoms with E-state index in [0.29, 0.717) is 12.4 Å². The van der Waals surface area contributed by atoms with Crippen molar-refractivity contribution in [3.63, 3.8) is 0 Å². The summed E-state index contributed by atoms with van der Waals surface area (Å²) < 4.78 is 5.11. The third-order valence-electron chi connectivity index (χ3n) is 2.16. The fraction of sp³-hybridized carbons (Fsp3) is 0.889. The normalized spacial score (nSPS) is 22.2. The van der Waals surface area contributed by atoms with Crippen LogP contribution in [0.2, 0.25) is 0 Å². The highest BCUT2D eigenvalue weighted by Crippen LogP contribution is 2.14. The Hall–Kier alpha value is -0.440. The van der Waals surface area contributed by atoms with Crippen LogP contribution in [0.25, 0.3) is 0 Å². The Balaban J connectivity index is 2.28. The maximum absolute atomic E-state index is 11.2. The topological polar surface area (TPSA) is 29.5 Å². The largest absolute Gasteiger partial charge is 0.444 e. The van der Waals surface area contributed by atoms with Gasteiger partial charge >= 0.3 is 6.09 Å². The number of nitrogens with zero attached hydrogens (tertiary/aromatic N) is 1. The predicted molar refractivity (Wildman–Crippen MR) is 52.1 cm³/mol. The third kappa shape index (κ3) is 3.07. The molecule has 1 fully saturated rings. The molecule has 0 aromatic carbocycles. The van der Waals surface area contributed by atoms with Gasteiger partial charge in [-0.2, -0.15) is 0 Å². The first kappa shape index (κ1) is 10.6. The summed E-state index contributed by atoms with van der Waals surface area (Å²) in [5.74, 6) is 0.555. The van der Waals surface area contributed by atoms with Crippen LogP contribution < -0.4 is 0 Å². The van der Waals surface area contributed by atoms with Crippen molar-refractivity contribution in [2.24, 2.45) is 0 Å². The lowest BCUT2D eigenvalue weighted by atomic mass is 10.2. The van der Waals surface area contributed by atoms with Gasteiger partial charge in [-0.25, -0.2) is 4.79 Å². The molecule has 1 rings (SSSR count). The molecule has 1 amide bonds. The molecule has 0 aromatic rings. The molecule has 0 spiro atoms. The number of unbranched alkanes of at least 4 members (excludes halogenated alkanes) is 1. The lowest BCUT2D eigenvalue weighted by molar-refractivity contribution is 0.131. The fourth-order valence-corrected chi connectivity index (χ4v) is 1.62. The first-order valence-electron chi connectivity index (χ1n) is 4.79. The molecule has 1 atom stereocenters. The van der Waals surface area contributed by atoms with Crippen molar-refractivity contribution in [3.8, 4) is 0 Å². The summed E-state index contributed by atoms with van der Waals surface area (Å²) in [5.41, 5.74) is 0. The molecule has 0 bridgehead atoms. The molecule has 0 saturated carbocycles. The molecule has 0 radical (unpaired) electrons. The number of alkyl halides is 1. The average molecular weight is 206 g/mol. The maximum Gasteiger partial charge on any atom is 0.410 e. The van der Waals surface area contributed by atoms with Crippen molar-refractivity contribution in [1.82, 2.24) is 4.90 Å². The van der Waals surface area contributed by atoms with Gasteiger partial charge in [-0.15, -0.1) is 11.6 Å². The van der Waals surface area contributed by atoms with Gasteiger partial charge in [0.2, 0.25) is 0 Å². The number of halogens is 1. The summed E-state index contributed by atoms with van der Waals surface area (Å²) in [7, 11) is 0. The standard InChI is InChI=1S/C9H16ClNO2/c1-2-3-6-11-7-8(4-5-10)13-9(11)12/h8H,2-7H2,1H3. The van der Waals surface area contributed by atoms with Gasteiger partial charge in [0.25, 0.3) is 0 Å². The van der Waals surface area contributed by atoms with Crippen LogP contribution in [0.15, 0.2) is 0 Å². The van der Waals surface area contributed by atoms with E-state index in [9.17, 15) is 4.79 Å². The third-order valence-corrected chi connectivity index (χ3v) is 2.38. The van der Waals surface area contributed by atoms with Gasteiger partial charge in [-0.3, -0.25) is 0 Å². The Labute approximate surface area is 84.0 Å². The molecule has 4 heteroatoms. The van der Waals surface area contributed by atoms with E-state index in [-0.39, 0.29) is 12.2 Å². The zero-order valence-electron chi connectivity index (χ0n) is 7.96. The minimum Gasteiger partial charge on any atom is -0.444 e. The second-order valence-electron chi connectivity index (χ2n) is 3.28. The van der Waals surface area contributed by atoms with Gasteiger partial charge in [0.1, 0.15) is 6.10 Å². The summed E-state index contributed by atoms with van der Waals surface area (Å²) in [6.07, 6.45) is 2.74. The molecule has 1 unspecified atom stereocenters. The van der Waals surface area contributed by atoms with Crippen LogP contribution in [0.3, 0.4) is 0 Å². The lowest BCUT2D eigenvalue weighted by Gasteiger charge is -2.10. The van der Waals surface area contributed by atoms with Crippen molar-refractivity contribution in [3.05, 3.63) is 0 Å². The molecule has 1 heterocycles. The van der Waals surface area contributed by atoms with E-state index in [2.05, 4.69) is 6.92 Å². The molecular weight excluding hydrogens is 190 g/mol. The minimum absolute atomic E-state index is 0.0156. The molecule has 13 heavy (non-hydrogen) atoms. The SMILES string of the molecule is CCCCN1CC(CCCl)OC1=O. The second-order valence-corrected chi connectivity index (χ2v) is 3.66. The second kappa shape index (κ2) is 5.32. The molecular formula is C9H16ClNO2. The van der Waals surface area contributed by atoms with E-state index in [4.69, 9.17) is 16.3 Å². The van der Waals surface area contributed by atoms with Crippen LogP contribution in [-0.4, -0.2) is 36.1 Å². The zero-order valence-corrected chi connectivity index (χ0v) is 8.72.